The zero-order valence-corrected chi connectivity index (χ0v) is 20.2. The highest BCUT2D eigenvalue weighted by molar-refractivity contribution is 5.77. The summed E-state index contributed by atoms with van der Waals surface area (Å²) in [5.41, 5.74) is 8.13. The van der Waals surface area contributed by atoms with Crippen LogP contribution in [-0.2, 0) is 0 Å². The molecule has 0 saturated heterocycles. The number of hydrogen-bond acceptors (Lipinski definition) is 6. The third-order valence-corrected chi connectivity index (χ3v) is 5.55. The Morgan fingerprint density at radius 1 is 0.444 bits per heavy atom. The lowest BCUT2D eigenvalue weighted by atomic mass is 10.2. The summed E-state index contributed by atoms with van der Waals surface area (Å²) < 4.78 is 0. The lowest BCUT2D eigenvalue weighted by molar-refractivity contribution is 1.28. The van der Waals surface area contributed by atoms with E-state index in [1.807, 2.05) is 72.8 Å². The first kappa shape index (κ1) is 22.9. The first-order valence-electron chi connectivity index (χ1n) is 11.7. The van der Waals surface area contributed by atoms with Gasteiger partial charge in [-0.05, 0) is 62.4 Å². The van der Waals surface area contributed by atoms with Crippen LogP contribution in [0, 0.1) is 13.8 Å². The predicted molar refractivity (Wildman–Crippen MR) is 148 cm³/mol. The smallest absolute Gasteiger partial charge is 0.149 e. The fourth-order valence-corrected chi connectivity index (χ4v) is 3.60. The molecule has 0 aliphatic rings. The Kier molecular flexibility index (Phi) is 6.76. The van der Waals surface area contributed by atoms with E-state index in [4.69, 9.17) is 0 Å². The van der Waals surface area contributed by atoms with Crippen LogP contribution in [0.5, 0.6) is 0 Å². The van der Waals surface area contributed by atoms with Crippen LogP contribution in [0.2, 0.25) is 0 Å². The third kappa shape index (κ3) is 5.80. The monoisotopic (exact) mass is 470 g/mol. The zero-order chi connectivity index (χ0) is 24.7. The normalized spacial score (nSPS) is 10.5. The van der Waals surface area contributed by atoms with E-state index in [9.17, 15) is 0 Å². The molecule has 36 heavy (non-hydrogen) atoms. The van der Waals surface area contributed by atoms with Crippen LogP contribution in [0.15, 0.2) is 109 Å². The van der Waals surface area contributed by atoms with Crippen molar-refractivity contribution < 1.29 is 0 Å². The molecule has 0 aliphatic carbocycles. The average molecular weight is 471 g/mol. The van der Waals surface area contributed by atoms with E-state index >= 15 is 0 Å². The number of para-hydroxylation sites is 4. The van der Waals surface area contributed by atoms with Gasteiger partial charge in [0.15, 0.2) is 0 Å². The minimum absolute atomic E-state index is 0.762. The van der Waals surface area contributed by atoms with E-state index in [0.29, 0.717) is 0 Å². The highest BCUT2D eigenvalue weighted by Gasteiger charge is 2.00. The van der Waals surface area contributed by atoms with Crippen LogP contribution < -0.4 is 10.6 Å². The highest BCUT2D eigenvalue weighted by atomic mass is 15.0. The van der Waals surface area contributed by atoms with Crippen LogP contribution in [0.25, 0.3) is 22.1 Å². The van der Waals surface area contributed by atoms with Gasteiger partial charge in [0.2, 0.25) is 0 Å². The minimum atomic E-state index is 0.762. The molecule has 176 valence electrons. The second-order valence-electron chi connectivity index (χ2n) is 8.47. The topological polar surface area (TPSA) is 75.6 Å². The van der Waals surface area contributed by atoms with Gasteiger partial charge in [0.1, 0.15) is 11.6 Å². The second-order valence-corrected chi connectivity index (χ2v) is 8.47. The lowest BCUT2D eigenvalue weighted by Gasteiger charge is -2.06. The van der Waals surface area contributed by atoms with Gasteiger partial charge in [-0.25, -0.2) is 9.97 Å². The molecule has 0 bridgehead atoms. The number of hydrogen-bond donors (Lipinski definition) is 2. The maximum absolute atomic E-state index is 4.52. The second kappa shape index (κ2) is 10.6. The van der Waals surface area contributed by atoms with Gasteiger partial charge in [-0.15, -0.1) is 0 Å². The Bertz CT molecular complexity index is 1470. The van der Waals surface area contributed by atoms with E-state index in [2.05, 4.69) is 68.7 Å². The quantitative estimate of drug-likeness (QED) is 0.280. The molecule has 2 aromatic heterocycles. The van der Waals surface area contributed by atoms with Crippen molar-refractivity contribution in [3.8, 4) is 0 Å². The molecular formula is C30H26N6. The molecule has 0 atom stereocenters. The average Bonchev–Trinajstić information content (AvgIpc) is 2.92. The summed E-state index contributed by atoms with van der Waals surface area (Å²) in [4.78, 5) is 17.8. The molecule has 0 spiro atoms. The maximum atomic E-state index is 4.52. The number of aromatic nitrogens is 4. The van der Waals surface area contributed by atoms with Gasteiger partial charge < -0.3 is 10.6 Å². The standard InChI is InChI=1S/2C15H13N3/c2*1-11-6-8-12(9-7-11)17-15-10-16-13-4-2-3-5-14(13)18-15/h2*2-10H,1H3,(H,17,18). The summed E-state index contributed by atoms with van der Waals surface area (Å²) in [6.45, 7) is 4.14. The van der Waals surface area contributed by atoms with Crippen molar-refractivity contribution >= 4 is 45.1 Å². The van der Waals surface area contributed by atoms with Gasteiger partial charge >= 0.3 is 0 Å². The maximum Gasteiger partial charge on any atom is 0.149 e. The first-order valence-corrected chi connectivity index (χ1v) is 11.7. The van der Waals surface area contributed by atoms with Crippen molar-refractivity contribution in [1.82, 2.24) is 19.9 Å². The summed E-state index contributed by atoms with van der Waals surface area (Å²) in [6, 6.07) is 32.1. The lowest BCUT2D eigenvalue weighted by Crippen LogP contribution is -1.95. The zero-order valence-electron chi connectivity index (χ0n) is 20.2. The van der Waals surface area contributed by atoms with Crippen molar-refractivity contribution in [3.63, 3.8) is 0 Å². The van der Waals surface area contributed by atoms with Gasteiger partial charge in [0, 0.05) is 11.4 Å². The Labute approximate surface area is 210 Å². The molecule has 6 aromatic rings. The number of anilines is 4. The highest BCUT2D eigenvalue weighted by Crippen LogP contribution is 2.18. The molecule has 0 saturated carbocycles. The number of rotatable bonds is 4. The molecule has 4 aromatic carbocycles. The Balaban J connectivity index is 0.000000148. The van der Waals surface area contributed by atoms with E-state index < -0.39 is 0 Å². The van der Waals surface area contributed by atoms with Gasteiger partial charge in [0.25, 0.3) is 0 Å². The van der Waals surface area contributed by atoms with Crippen molar-refractivity contribution in [2.24, 2.45) is 0 Å². The van der Waals surface area contributed by atoms with Crippen LogP contribution >= 0.6 is 0 Å². The fraction of sp³-hybridized carbons (Fsp3) is 0.0667. The summed E-state index contributed by atoms with van der Waals surface area (Å²) in [5.74, 6) is 1.52. The number of nitrogens with zero attached hydrogens (tertiary/aromatic N) is 4. The minimum Gasteiger partial charge on any atom is -0.339 e. The molecule has 0 fully saturated rings. The molecule has 6 heteroatoms. The SMILES string of the molecule is Cc1ccc(Nc2cnc3ccccc3n2)cc1.Cc1ccc(Nc2cnc3ccccc3n2)cc1. The van der Waals surface area contributed by atoms with Crippen LogP contribution in [0.1, 0.15) is 11.1 Å². The largest absolute Gasteiger partial charge is 0.339 e. The predicted octanol–water partition coefficient (Wildman–Crippen LogP) is 7.36. The van der Waals surface area contributed by atoms with E-state index in [0.717, 1.165) is 45.1 Å². The molecule has 0 aliphatic heterocycles. The molecule has 2 heterocycles. The first-order chi connectivity index (χ1) is 17.6. The van der Waals surface area contributed by atoms with Gasteiger partial charge in [-0.1, -0.05) is 59.7 Å². The molecule has 0 amide bonds. The number of fused-ring (bicyclic) bond motifs is 2. The number of aryl methyl sites for hydroxylation is 2. The summed E-state index contributed by atoms with van der Waals surface area (Å²) in [5, 5.41) is 6.50. The molecule has 6 rings (SSSR count). The van der Waals surface area contributed by atoms with Gasteiger partial charge in [-0.2, -0.15) is 0 Å². The van der Waals surface area contributed by atoms with Gasteiger partial charge in [-0.3, -0.25) is 9.97 Å². The third-order valence-electron chi connectivity index (χ3n) is 5.55. The Hall–Kier alpha value is -4.84. The number of nitrogens with one attached hydrogen (secondary N) is 2. The Morgan fingerprint density at radius 2 is 0.806 bits per heavy atom. The van der Waals surface area contributed by atoms with Crippen LogP contribution in [0.3, 0.4) is 0 Å². The summed E-state index contributed by atoms with van der Waals surface area (Å²) in [7, 11) is 0. The number of benzene rings is 4. The van der Waals surface area contributed by atoms with Gasteiger partial charge in [0.05, 0.1) is 34.5 Å². The van der Waals surface area contributed by atoms with Crippen LogP contribution in [-0.4, -0.2) is 19.9 Å². The van der Waals surface area contributed by atoms with Crippen molar-refractivity contribution in [2.75, 3.05) is 10.6 Å². The fourth-order valence-electron chi connectivity index (χ4n) is 3.60. The van der Waals surface area contributed by atoms with Crippen molar-refractivity contribution in [3.05, 3.63) is 121 Å². The van der Waals surface area contributed by atoms with Crippen LogP contribution in [0.4, 0.5) is 23.0 Å². The summed E-state index contributed by atoms with van der Waals surface area (Å²) >= 11 is 0. The van der Waals surface area contributed by atoms with E-state index in [1.165, 1.54) is 11.1 Å². The van der Waals surface area contributed by atoms with Crippen molar-refractivity contribution in [1.29, 1.82) is 0 Å². The van der Waals surface area contributed by atoms with E-state index in [-0.39, 0.29) is 0 Å². The molecular weight excluding hydrogens is 444 g/mol. The molecule has 6 nitrogen and oxygen atoms in total. The van der Waals surface area contributed by atoms with E-state index in [1.54, 1.807) is 12.4 Å². The summed E-state index contributed by atoms with van der Waals surface area (Å²) in [6.07, 6.45) is 3.50. The molecule has 0 unspecified atom stereocenters. The molecule has 0 radical (unpaired) electrons. The Morgan fingerprint density at radius 3 is 1.19 bits per heavy atom. The molecule has 2 N–H and O–H groups in total. The van der Waals surface area contributed by atoms with Crippen molar-refractivity contribution in [2.45, 2.75) is 13.8 Å².